The van der Waals surface area contributed by atoms with Crippen LogP contribution < -0.4 is 0 Å². The van der Waals surface area contributed by atoms with Gasteiger partial charge in [0.15, 0.2) is 0 Å². The summed E-state index contributed by atoms with van der Waals surface area (Å²) in [6.45, 7) is 1.59. The average molecular weight is 194 g/mol. The van der Waals surface area contributed by atoms with Gasteiger partial charge in [-0.2, -0.15) is 0 Å². The van der Waals surface area contributed by atoms with Crippen molar-refractivity contribution in [1.82, 2.24) is 9.97 Å². The first-order valence-corrected chi connectivity index (χ1v) is 4.87. The number of rotatable bonds is 3. The summed E-state index contributed by atoms with van der Waals surface area (Å²) in [5.41, 5.74) is 0.791. The molecule has 0 aliphatic carbocycles. The number of nitrogens with zero attached hydrogens (tertiary/aromatic N) is 2. The van der Waals surface area contributed by atoms with Gasteiger partial charge >= 0.3 is 0 Å². The van der Waals surface area contributed by atoms with Gasteiger partial charge in [-0.05, 0) is 18.8 Å². The summed E-state index contributed by atoms with van der Waals surface area (Å²) in [5, 5.41) is 9.85. The SMILES string of the molecule is OC(CC1CCOC1)c1cncnc1. The van der Waals surface area contributed by atoms with Crippen molar-refractivity contribution in [2.75, 3.05) is 13.2 Å². The van der Waals surface area contributed by atoms with Crippen LogP contribution >= 0.6 is 0 Å². The molecule has 1 aliphatic rings. The van der Waals surface area contributed by atoms with Crippen molar-refractivity contribution < 1.29 is 9.84 Å². The molecule has 2 rings (SSSR count). The maximum atomic E-state index is 9.85. The summed E-state index contributed by atoms with van der Waals surface area (Å²) < 4.78 is 5.25. The summed E-state index contributed by atoms with van der Waals surface area (Å²) in [6.07, 6.45) is 6.12. The summed E-state index contributed by atoms with van der Waals surface area (Å²) in [5.74, 6) is 0.477. The zero-order valence-electron chi connectivity index (χ0n) is 7.97. The highest BCUT2D eigenvalue weighted by Crippen LogP contribution is 2.25. The van der Waals surface area contributed by atoms with Crippen LogP contribution in [-0.4, -0.2) is 28.3 Å². The third-order valence-electron chi connectivity index (χ3n) is 2.55. The lowest BCUT2D eigenvalue weighted by atomic mass is 9.98. The van der Waals surface area contributed by atoms with E-state index in [4.69, 9.17) is 4.74 Å². The van der Waals surface area contributed by atoms with Gasteiger partial charge in [0.2, 0.25) is 0 Å². The molecular formula is C10H14N2O2. The van der Waals surface area contributed by atoms with Crippen LogP contribution in [0, 0.1) is 5.92 Å². The van der Waals surface area contributed by atoms with Crippen molar-refractivity contribution in [3.63, 3.8) is 0 Å². The lowest BCUT2D eigenvalue weighted by Crippen LogP contribution is -2.07. The fourth-order valence-electron chi connectivity index (χ4n) is 1.70. The molecule has 1 fully saturated rings. The molecule has 0 saturated carbocycles. The number of aliphatic hydroxyl groups excluding tert-OH is 1. The van der Waals surface area contributed by atoms with E-state index in [0.717, 1.165) is 31.6 Å². The Balaban J connectivity index is 1.92. The van der Waals surface area contributed by atoms with Crippen molar-refractivity contribution >= 4 is 0 Å². The van der Waals surface area contributed by atoms with Gasteiger partial charge in [-0.25, -0.2) is 9.97 Å². The predicted molar refractivity (Wildman–Crippen MR) is 50.5 cm³/mol. The molecule has 14 heavy (non-hydrogen) atoms. The van der Waals surface area contributed by atoms with Gasteiger partial charge in [-0.15, -0.1) is 0 Å². The molecule has 1 N–H and O–H groups in total. The lowest BCUT2D eigenvalue weighted by molar-refractivity contribution is 0.129. The molecule has 2 atom stereocenters. The van der Waals surface area contributed by atoms with Crippen molar-refractivity contribution in [3.05, 3.63) is 24.3 Å². The molecule has 2 heterocycles. The monoisotopic (exact) mass is 194 g/mol. The Hall–Kier alpha value is -1.00. The minimum atomic E-state index is -0.456. The van der Waals surface area contributed by atoms with Gasteiger partial charge in [0.25, 0.3) is 0 Å². The first kappa shape index (κ1) is 9.55. The van der Waals surface area contributed by atoms with E-state index < -0.39 is 6.10 Å². The van der Waals surface area contributed by atoms with Crippen LogP contribution in [-0.2, 0) is 4.74 Å². The van der Waals surface area contributed by atoms with Crippen molar-refractivity contribution in [2.24, 2.45) is 5.92 Å². The summed E-state index contributed by atoms with van der Waals surface area (Å²) >= 11 is 0. The van der Waals surface area contributed by atoms with E-state index in [9.17, 15) is 5.11 Å². The van der Waals surface area contributed by atoms with Gasteiger partial charge < -0.3 is 9.84 Å². The molecule has 2 unspecified atom stereocenters. The first-order valence-electron chi connectivity index (χ1n) is 4.87. The van der Waals surface area contributed by atoms with E-state index in [-0.39, 0.29) is 0 Å². The minimum Gasteiger partial charge on any atom is -0.388 e. The number of hydrogen-bond acceptors (Lipinski definition) is 4. The van der Waals surface area contributed by atoms with Gasteiger partial charge in [0.05, 0.1) is 6.10 Å². The molecule has 1 aliphatic heterocycles. The van der Waals surface area contributed by atoms with Gasteiger partial charge in [0, 0.05) is 31.2 Å². The molecule has 0 bridgehead atoms. The number of aromatic nitrogens is 2. The quantitative estimate of drug-likeness (QED) is 0.778. The number of aliphatic hydroxyl groups is 1. The highest BCUT2D eigenvalue weighted by atomic mass is 16.5. The third-order valence-corrected chi connectivity index (χ3v) is 2.55. The standard InChI is InChI=1S/C10H14N2O2/c13-10(3-8-1-2-14-6-8)9-4-11-7-12-5-9/h4-5,7-8,10,13H,1-3,6H2. The Morgan fingerprint density at radius 2 is 2.29 bits per heavy atom. The second kappa shape index (κ2) is 4.48. The molecule has 4 nitrogen and oxygen atoms in total. The van der Waals surface area contributed by atoms with E-state index in [1.165, 1.54) is 6.33 Å². The Morgan fingerprint density at radius 1 is 1.50 bits per heavy atom. The molecular weight excluding hydrogens is 180 g/mol. The van der Waals surface area contributed by atoms with E-state index in [1.807, 2.05) is 0 Å². The Morgan fingerprint density at radius 3 is 2.93 bits per heavy atom. The fourth-order valence-corrected chi connectivity index (χ4v) is 1.70. The van der Waals surface area contributed by atoms with E-state index in [1.54, 1.807) is 12.4 Å². The molecule has 0 amide bonds. The highest BCUT2D eigenvalue weighted by Gasteiger charge is 2.20. The van der Waals surface area contributed by atoms with Crippen LogP contribution in [0.2, 0.25) is 0 Å². The molecule has 0 spiro atoms. The summed E-state index contributed by atoms with van der Waals surface area (Å²) in [6, 6.07) is 0. The maximum Gasteiger partial charge on any atom is 0.115 e. The fraction of sp³-hybridized carbons (Fsp3) is 0.600. The highest BCUT2D eigenvalue weighted by molar-refractivity contribution is 5.06. The molecule has 0 aromatic carbocycles. The van der Waals surface area contributed by atoms with Crippen molar-refractivity contribution in [1.29, 1.82) is 0 Å². The van der Waals surface area contributed by atoms with E-state index in [2.05, 4.69) is 9.97 Å². The van der Waals surface area contributed by atoms with Gasteiger partial charge in [-0.3, -0.25) is 0 Å². The maximum absolute atomic E-state index is 9.85. The molecule has 76 valence electrons. The molecule has 1 saturated heterocycles. The third kappa shape index (κ3) is 2.27. The smallest absolute Gasteiger partial charge is 0.115 e. The van der Waals surface area contributed by atoms with Gasteiger partial charge in [0.1, 0.15) is 6.33 Å². The average Bonchev–Trinajstić information content (AvgIpc) is 2.72. The van der Waals surface area contributed by atoms with Gasteiger partial charge in [-0.1, -0.05) is 0 Å². The molecule has 4 heteroatoms. The first-order chi connectivity index (χ1) is 6.86. The predicted octanol–water partition coefficient (Wildman–Crippen LogP) is 0.937. The lowest BCUT2D eigenvalue weighted by Gasteiger charge is -2.13. The van der Waals surface area contributed by atoms with Crippen LogP contribution in [0.1, 0.15) is 24.5 Å². The van der Waals surface area contributed by atoms with Crippen molar-refractivity contribution in [3.8, 4) is 0 Å². The Kier molecular flexibility index (Phi) is 3.06. The summed E-state index contributed by atoms with van der Waals surface area (Å²) in [4.78, 5) is 7.76. The van der Waals surface area contributed by atoms with Crippen LogP contribution in [0.15, 0.2) is 18.7 Å². The molecule has 0 radical (unpaired) electrons. The number of ether oxygens (including phenoxy) is 1. The number of hydrogen-bond donors (Lipinski definition) is 1. The second-order valence-electron chi connectivity index (χ2n) is 3.65. The van der Waals surface area contributed by atoms with Crippen LogP contribution in [0.25, 0.3) is 0 Å². The normalized spacial score (nSPS) is 23.6. The molecule has 1 aromatic heterocycles. The largest absolute Gasteiger partial charge is 0.388 e. The van der Waals surface area contributed by atoms with Crippen molar-refractivity contribution in [2.45, 2.75) is 18.9 Å². The van der Waals surface area contributed by atoms with E-state index >= 15 is 0 Å². The Bertz CT molecular complexity index is 273. The van der Waals surface area contributed by atoms with Crippen LogP contribution in [0.5, 0.6) is 0 Å². The zero-order valence-corrected chi connectivity index (χ0v) is 7.97. The van der Waals surface area contributed by atoms with Crippen LogP contribution in [0.3, 0.4) is 0 Å². The minimum absolute atomic E-state index is 0.456. The topological polar surface area (TPSA) is 55.2 Å². The Labute approximate surface area is 83.0 Å². The molecule has 1 aromatic rings. The van der Waals surface area contributed by atoms with Crippen LogP contribution in [0.4, 0.5) is 0 Å². The summed E-state index contributed by atoms with van der Waals surface area (Å²) in [7, 11) is 0. The zero-order chi connectivity index (χ0) is 9.80. The van der Waals surface area contributed by atoms with E-state index in [0.29, 0.717) is 5.92 Å². The second-order valence-corrected chi connectivity index (χ2v) is 3.65.